The van der Waals surface area contributed by atoms with Crippen LogP contribution in [0.2, 0.25) is 0 Å². The number of benzene rings is 1. The highest BCUT2D eigenvalue weighted by Crippen LogP contribution is 2.47. The van der Waals surface area contributed by atoms with Gasteiger partial charge in [0.1, 0.15) is 0 Å². The second kappa shape index (κ2) is 4.34. The second-order valence-corrected chi connectivity index (χ2v) is 7.76. The van der Waals surface area contributed by atoms with Gasteiger partial charge in [-0.25, -0.2) is 13.2 Å². The highest BCUT2D eigenvalue weighted by Gasteiger charge is 2.58. The van der Waals surface area contributed by atoms with E-state index in [1.54, 1.807) is 30.3 Å². The van der Waals surface area contributed by atoms with Crippen molar-refractivity contribution in [2.75, 3.05) is 0 Å². The molecule has 0 heterocycles. The molecule has 0 saturated heterocycles. The summed E-state index contributed by atoms with van der Waals surface area (Å²) in [7, 11) is -3.34. The number of carbonyl (C=O) groups excluding carboxylic acids is 1. The predicted octanol–water partition coefficient (Wildman–Crippen LogP) is 2.30. The van der Waals surface area contributed by atoms with Crippen molar-refractivity contribution in [1.29, 1.82) is 0 Å². The van der Waals surface area contributed by atoms with Gasteiger partial charge in [-0.3, -0.25) is 0 Å². The van der Waals surface area contributed by atoms with Gasteiger partial charge in [0.05, 0.1) is 10.8 Å². The first kappa shape index (κ1) is 12.7. The number of ether oxygens (including phenoxy) is 1. The van der Waals surface area contributed by atoms with E-state index in [-0.39, 0.29) is 5.25 Å². The summed E-state index contributed by atoms with van der Waals surface area (Å²) in [6, 6.07) is 8.55. The molecule has 2 aliphatic carbocycles. The Morgan fingerprint density at radius 3 is 2.26 bits per heavy atom. The van der Waals surface area contributed by atoms with Gasteiger partial charge in [0.25, 0.3) is 0 Å². The lowest BCUT2D eigenvalue weighted by atomic mass is 9.95. The summed E-state index contributed by atoms with van der Waals surface area (Å²) >= 11 is 0. The van der Waals surface area contributed by atoms with Gasteiger partial charge in [0, 0.05) is 12.8 Å². The van der Waals surface area contributed by atoms with Crippen LogP contribution in [0.15, 0.2) is 30.3 Å². The van der Waals surface area contributed by atoms with E-state index in [4.69, 9.17) is 4.74 Å². The van der Waals surface area contributed by atoms with E-state index in [2.05, 4.69) is 0 Å². The van der Waals surface area contributed by atoms with Gasteiger partial charge in [-0.15, -0.1) is 0 Å². The van der Waals surface area contributed by atoms with Crippen LogP contribution in [0, 0.1) is 0 Å². The van der Waals surface area contributed by atoms with Gasteiger partial charge in [0.15, 0.2) is 9.84 Å². The molecule has 0 aromatic heterocycles. The van der Waals surface area contributed by atoms with Gasteiger partial charge in [-0.2, -0.15) is 0 Å². The Morgan fingerprint density at radius 2 is 1.79 bits per heavy atom. The summed E-state index contributed by atoms with van der Waals surface area (Å²) in [5, 5.41) is -0.295. The van der Waals surface area contributed by atoms with E-state index in [1.165, 1.54) is 0 Å². The summed E-state index contributed by atoms with van der Waals surface area (Å²) in [6.07, 6.45) is 3.07. The molecule has 2 saturated carbocycles. The molecule has 5 heteroatoms. The number of sulfone groups is 1. The molecule has 0 radical (unpaired) electrons. The molecule has 2 aliphatic rings. The fraction of sp³-hybridized carbons (Fsp3) is 0.500. The van der Waals surface area contributed by atoms with Gasteiger partial charge < -0.3 is 4.74 Å². The Bertz CT molecular complexity index is 583. The molecule has 4 nitrogen and oxygen atoms in total. The highest BCUT2D eigenvalue weighted by atomic mass is 32.2. The summed E-state index contributed by atoms with van der Waals surface area (Å²) in [5.41, 5.74) is 0.403. The lowest BCUT2D eigenvalue weighted by Crippen LogP contribution is -2.50. The van der Waals surface area contributed by atoms with Crippen molar-refractivity contribution in [3.8, 4) is 0 Å². The lowest BCUT2D eigenvalue weighted by Gasteiger charge is -2.40. The molecule has 2 fully saturated rings. The molecule has 0 unspecified atom stereocenters. The molecule has 0 amide bonds. The molecule has 0 bridgehead atoms. The molecule has 0 aliphatic heterocycles. The fourth-order valence-corrected chi connectivity index (χ4v) is 4.81. The third-order valence-electron chi connectivity index (χ3n) is 3.89. The number of hydrogen-bond donors (Lipinski definition) is 0. The predicted molar refractivity (Wildman–Crippen MR) is 70.4 cm³/mol. The average Bonchev–Trinajstić information content (AvgIpc) is 3.18. The molecular weight excluding hydrogens is 264 g/mol. The van der Waals surface area contributed by atoms with Crippen LogP contribution in [0.25, 0.3) is 0 Å². The van der Waals surface area contributed by atoms with Crippen LogP contribution in [0.1, 0.15) is 42.5 Å². The molecule has 0 atom stereocenters. The van der Waals surface area contributed by atoms with Crippen LogP contribution in [0.4, 0.5) is 0 Å². The quantitative estimate of drug-likeness (QED) is 0.794. The number of rotatable bonds is 4. The first-order chi connectivity index (χ1) is 9.05. The van der Waals surface area contributed by atoms with Crippen molar-refractivity contribution in [2.45, 2.75) is 42.3 Å². The Hall–Kier alpha value is -1.36. The number of hydrogen-bond acceptors (Lipinski definition) is 4. The van der Waals surface area contributed by atoms with E-state index < -0.39 is 20.7 Å². The SMILES string of the molecule is O=C(OC1(S(=O)(=O)C2CC2)CCC1)c1ccccc1. The van der Waals surface area contributed by atoms with Crippen molar-refractivity contribution in [1.82, 2.24) is 0 Å². The summed E-state index contributed by atoms with van der Waals surface area (Å²) < 4.78 is 30.2. The normalized spacial score (nSPS) is 21.5. The van der Waals surface area contributed by atoms with E-state index >= 15 is 0 Å². The number of esters is 1. The van der Waals surface area contributed by atoms with E-state index in [1.807, 2.05) is 0 Å². The first-order valence-electron chi connectivity index (χ1n) is 6.57. The van der Waals surface area contributed by atoms with Crippen molar-refractivity contribution >= 4 is 15.8 Å². The highest BCUT2D eigenvalue weighted by molar-refractivity contribution is 7.93. The largest absolute Gasteiger partial charge is 0.439 e. The van der Waals surface area contributed by atoms with Crippen molar-refractivity contribution in [3.05, 3.63) is 35.9 Å². The molecular formula is C14H16O4S. The van der Waals surface area contributed by atoms with Gasteiger partial charge in [-0.1, -0.05) is 18.2 Å². The topological polar surface area (TPSA) is 60.4 Å². The van der Waals surface area contributed by atoms with Crippen molar-refractivity contribution in [2.24, 2.45) is 0 Å². The van der Waals surface area contributed by atoms with E-state index in [0.717, 1.165) is 6.42 Å². The third-order valence-corrected chi connectivity index (χ3v) is 6.76. The molecule has 0 spiro atoms. The van der Waals surface area contributed by atoms with Crippen molar-refractivity contribution in [3.63, 3.8) is 0 Å². The van der Waals surface area contributed by atoms with Gasteiger partial charge in [-0.05, 0) is 31.4 Å². The van der Waals surface area contributed by atoms with Crippen molar-refractivity contribution < 1.29 is 17.9 Å². The maximum atomic E-state index is 12.4. The molecule has 1 aromatic carbocycles. The standard InChI is InChI=1S/C14H16O4S/c15-13(11-5-2-1-3-6-11)18-14(9-4-10-14)19(16,17)12-7-8-12/h1-3,5-6,12H,4,7-10H2. The zero-order chi connectivity index (χ0) is 13.5. The van der Waals surface area contributed by atoms with Gasteiger partial charge >= 0.3 is 5.97 Å². The third kappa shape index (κ3) is 2.06. The Kier molecular flexibility index (Phi) is 2.89. The monoisotopic (exact) mass is 280 g/mol. The Morgan fingerprint density at radius 1 is 1.16 bits per heavy atom. The van der Waals surface area contributed by atoms with Gasteiger partial charge in [0.2, 0.25) is 4.93 Å². The zero-order valence-corrected chi connectivity index (χ0v) is 11.4. The summed E-state index contributed by atoms with van der Waals surface area (Å²) in [4.78, 5) is 10.8. The summed E-state index contributed by atoms with van der Waals surface area (Å²) in [6.45, 7) is 0. The molecule has 19 heavy (non-hydrogen) atoms. The molecule has 102 valence electrons. The Balaban J connectivity index is 1.83. The second-order valence-electron chi connectivity index (χ2n) is 5.26. The minimum Gasteiger partial charge on any atom is -0.439 e. The lowest BCUT2D eigenvalue weighted by molar-refractivity contribution is -0.0129. The maximum absolute atomic E-state index is 12.4. The Labute approximate surface area is 112 Å². The average molecular weight is 280 g/mol. The zero-order valence-electron chi connectivity index (χ0n) is 10.5. The van der Waals surface area contributed by atoms with E-state index in [0.29, 0.717) is 31.2 Å². The maximum Gasteiger partial charge on any atom is 0.339 e. The van der Waals surface area contributed by atoms with Crippen LogP contribution in [-0.4, -0.2) is 24.6 Å². The van der Waals surface area contributed by atoms with Crippen LogP contribution >= 0.6 is 0 Å². The molecule has 1 aromatic rings. The van der Waals surface area contributed by atoms with Crippen LogP contribution in [0.5, 0.6) is 0 Å². The minimum atomic E-state index is -3.34. The summed E-state index contributed by atoms with van der Waals surface area (Å²) in [5.74, 6) is -0.537. The van der Waals surface area contributed by atoms with E-state index in [9.17, 15) is 13.2 Å². The van der Waals surface area contributed by atoms with Crippen LogP contribution in [-0.2, 0) is 14.6 Å². The molecule has 0 N–H and O–H groups in total. The van der Waals surface area contributed by atoms with Crippen LogP contribution < -0.4 is 0 Å². The van der Waals surface area contributed by atoms with Crippen LogP contribution in [0.3, 0.4) is 0 Å². The minimum absolute atomic E-state index is 0.295. The fourth-order valence-electron chi connectivity index (χ4n) is 2.39. The first-order valence-corrected chi connectivity index (χ1v) is 8.12. The smallest absolute Gasteiger partial charge is 0.339 e. The number of carbonyl (C=O) groups is 1. The molecule has 3 rings (SSSR count).